The molecule has 0 aliphatic carbocycles. The number of benzene rings is 1. The molecule has 0 aromatic heterocycles. The summed E-state index contributed by atoms with van der Waals surface area (Å²) >= 11 is 0. The molecule has 0 N–H and O–H groups in total. The van der Waals surface area contributed by atoms with Crippen molar-refractivity contribution < 1.29 is 63.4 Å². The third-order valence-corrected chi connectivity index (χ3v) is 2.21. The molecule has 1 rings (SSSR count). The zero-order valence-corrected chi connectivity index (χ0v) is 18.4. The number of hydrogen-bond acceptors (Lipinski definition) is 2. The zero-order valence-electron chi connectivity index (χ0n) is 12.6. The van der Waals surface area contributed by atoms with Crippen LogP contribution in [0.2, 0.25) is 0 Å². The van der Waals surface area contributed by atoms with E-state index in [4.69, 9.17) is 0 Å². The summed E-state index contributed by atoms with van der Waals surface area (Å²) in [5.41, 5.74) is 1.63. The van der Waals surface area contributed by atoms with E-state index in [0.29, 0.717) is 5.56 Å². The molecular formula is C15H22O2WY-2. The Labute approximate surface area is 157 Å². The minimum Gasteiger partial charge on any atom is -0.358 e. The summed E-state index contributed by atoms with van der Waals surface area (Å²) < 4.78 is 0. The standard InChI is InChI=1S/C12H13O2.C2H6.CH3.W.Y/c1-8-6-4-5-7-11(8)12(9(2)13)10(3)14;1-2;;;/h4-6,12H,1-3H3;1-2H3;1H3;;/q-1;;-1;;. The maximum Gasteiger partial charge on any atom is 0.142 e. The van der Waals surface area contributed by atoms with Gasteiger partial charge in [-0.25, -0.2) is 0 Å². The van der Waals surface area contributed by atoms with Gasteiger partial charge in [0.05, 0.1) is 5.92 Å². The molecule has 0 fully saturated rings. The van der Waals surface area contributed by atoms with Crippen LogP contribution in [-0.4, -0.2) is 11.6 Å². The van der Waals surface area contributed by atoms with Gasteiger partial charge in [-0.3, -0.25) is 9.59 Å². The van der Waals surface area contributed by atoms with Crippen molar-refractivity contribution in [3.8, 4) is 0 Å². The van der Waals surface area contributed by atoms with Gasteiger partial charge in [0.1, 0.15) is 11.6 Å². The van der Waals surface area contributed by atoms with Gasteiger partial charge in [-0.15, -0.1) is 5.56 Å². The predicted molar refractivity (Wildman–Crippen MR) is 71.9 cm³/mol. The molecule has 4 heteroatoms. The van der Waals surface area contributed by atoms with E-state index < -0.39 is 5.92 Å². The summed E-state index contributed by atoms with van der Waals surface area (Å²) in [4.78, 5) is 22.6. The van der Waals surface area contributed by atoms with Gasteiger partial charge in [0.25, 0.3) is 0 Å². The van der Waals surface area contributed by atoms with Crippen molar-refractivity contribution in [3.63, 3.8) is 0 Å². The molecule has 0 unspecified atom stereocenters. The van der Waals surface area contributed by atoms with Gasteiger partial charge in [-0.2, -0.15) is 29.8 Å². The molecule has 0 saturated heterocycles. The summed E-state index contributed by atoms with van der Waals surface area (Å²) in [5, 5.41) is 0. The molecule has 0 atom stereocenters. The Morgan fingerprint density at radius 3 is 1.89 bits per heavy atom. The van der Waals surface area contributed by atoms with E-state index in [-0.39, 0.29) is 72.8 Å². The Bertz CT molecular complexity index is 364. The van der Waals surface area contributed by atoms with Crippen LogP contribution in [0.1, 0.15) is 44.7 Å². The van der Waals surface area contributed by atoms with Crippen LogP contribution in [0.15, 0.2) is 18.2 Å². The van der Waals surface area contributed by atoms with Crippen molar-refractivity contribution in [1.82, 2.24) is 0 Å². The molecule has 0 amide bonds. The molecular weight excluding hydrogens is 485 g/mol. The van der Waals surface area contributed by atoms with Crippen LogP contribution in [-0.2, 0) is 63.4 Å². The largest absolute Gasteiger partial charge is 0.358 e. The Morgan fingerprint density at radius 1 is 1.16 bits per heavy atom. The Balaban J connectivity index is -0.000000214. The fourth-order valence-electron chi connectivity index (χ4n) is 1.54. The van der Waals surface area contributed by atoms with E-state index in [1.54, 1.807) is 6.07 Å². The Hall–Kier alpha value is 0.352. The number of Topliss-reactive ketones (excluding diaryl/α,β-unsaturated/α-hetero) is 2. The number of ketones is 2. The van der Waals surface area contributed by atoms with Crippen LogP contribution in [0.3, 0.4) is 0 Å². The number of carbonyl (C=O) groups excluding carboxylic acids is 2. The smallest absolute Gasteiger partial charge is 0.142 e. The molecule has 19 heavy (non-hydrogen) atoms. The van der Waals surface area contributed by atoms with Crippen molar-refractivity contribution in [2.75, 3.05) is 0 Å². The topological polar surface area (TPSA) is 34.1 Å². The van der Waals surface area contributed by atoms with Crippen LogP contribution in [0.25, 0.3) is 0 Å². The van der Waals surface area contributed by atoms with Crippen molar-refractivity contribution in [3.05, 3.63) is 42.8 Å². The minimum atomic E-state index is -0.642. The maximum atomic E-state index is 11.3. The Morgan fingerprint density at radius 2 is 1.58 bits per heavy atom. The molecule has 0 heterocycles. The first-order valence-corrected chi connectivity index (χ1v) is 5.52. The first-order valence-electron chi connectivity index (χ1n) is 5.52. The summed E-state index contributed by atoms with van der Waals surface area (Å²) in [5.74, 6) is -0.887. The van der Waals surface area contributed by atoms with Crippen LogP contribution >= 0.6 is 0 Å². The van der Waals surface area contributed by atoms with E-state index in [2.05, 4.69) is 6.07 Å². The van der Waals surface area contributed by atoms with Gasteiger partial charge in [-0.1, -0.05) is 20.8 Å². The molecule has 2 nitrogen and oxygen atoms in total. The number of hydrogen-bond donors (Lipinski definition) is 0. The van der Waals surface area contributed by atoms with Gasteiger partial charge in [0.2, 0.25) is 0 Å². The third-order valence-electron chi connectivity index (χ3n) is 2.21. The predicted octanol–water partition coefficient (Wildman–Crippen LogP) is 3.53. The van der Waals surface area contributed by atoms with Crippen LogP contribution in [0.4, 0.5) is 0 Å². The molecule has 1 radical (unpaired) electrons. The number of rotatable bonds is 3. The molecule has 0 bridgehead atoms. The second-order valence-electron chi connectivity index (χ2n) is 3.42. The van der Waals surface area contributed by atoms with Crippen LogP contribution < -0.4 is 0 Å². The quantitative estimate of drug-likeness (QED) is 0.464. The van der Waals surface area contributed by atoms with E-state index in [0.717, 1.165) is 5.56 Å². The van der Waals surface area contributed by atoms with E-state index in [9.17, 15) is 9.59 Å². The fraction of sp³-hybridized carbons (Fsp3) is 0.400. The average Bonchev–Trinajstić information content (AvgIpc) is 2.23. The first-order chi connectivity index (χ1) is 7.54. The van der Waals surface area contributed by atoms with Crippen molar-refractivity contribution in [1.29, 1.82) is 0 Å². The second kappa shape index (κ2) is 14.8. The number of carbonyl (C=O) groups is 2. The molecule has 1 aromatic rings. The van der Waals surface area contributed by atoms with Gasteiger partial charge in [0, 0.05) is 53.8 Å². The van der Waals surface area contributed by atoms with E-state index >= 15 is 0 Å². The van der Waals surface area contributed by atoms with E-state index in [1.807, 2.05) is 32.9 Å². The molecule has 0 spiro atoms. The summed E-state index contributed by atoms with van der Waals surface area (Å²) in [7, 11) is 0. The SMILES string of the molecule is CC.CC(=O)C(C(C)=O)c1[c-]cccc1C.[CH3-].[W].[Y]. The molecule has 0 saturated carbocycles. The van der Waals surface area contributed by atoms with Gasteiger partial charge in [-0.05, 0) is 13.8 Å². The molecule has 0 aliphatic heterocycles. The summed E-state index contributed by atoms with van der Waals surface area (Å²) in [6.45, 7) is 8.75. The van der Waals surface area contributed by atoms with Gasteiger partial charge >= 0.3 is 0 Å². The average molecular weight is 507 g/mol. The minimum absolute atomic E-state index is 0. The zero-order chi connectivity index (χ0) is 12.7. The first kappa shape index (κ1) is 27.7. The fourth-order valence-corrected chi connectivity index (χ4v) is 1.54. The van der Waals surface area contributed by atoms with Gasteiger partial charge in [0.15, 0.2) is 0 Å². The van der Waals surface area contributed by atoms with Gasteiger partial charge < -0.3 is 7.43 Å². The molecule has 105 valence electrons. The normalized spacial score (nSPS) is 7.89. The Kier molecular flexibility index (Phi) is 21.5. The third kappa shape index (κ3) is 9.00. The van der Waals surface area contributed by atoms with Crippen molar-refractivity contribution >= 4 is 11.6 Å². The summed E-state index contributed by atoms with van der Waals surface area (Å²) in [6, 6.07) is 8.40. The number of aryl methyl sites for hydroxylation is 1. The second-order valence-corrected chi connectivity index (χ2v) is 3.42. The molecule has 0 aliphatic rings. The van der Waals surface area contributed by atoms with Crippen molar-refractivity contribution in [2.45, 2.75) is 40.5 Å². The summed E-state index contributed by atoms with van der Waals surface area (Å²) in [6.07, 6.45) is 0. The van der Waals surface area contributed by atoms with Crippen LogP contribution in [0.5, 0.6) is 0 Å². The monoisotopic (exact) mass is 507 g/mol. The van der Waals surface area contributed by atoms with Crippen molar-refractivity contribution in [2.24, 2.45) is 0 Å². The van der Waals surface area contributed by atoms with E-state index in [1.165, 1.54) is 13.8 Å². The maximum absolute atomic E-state index is 11.3. The van der Waals surface area contributed by atoms with Crippen LogP contribution in [0, 0.1) is 20.4 Å². The molecule has 1 aromatic carbocycles.